The number of hydrogen-bond acceptors (Lipinski definition) is 4. The summed E-state index contributed by atoms with van der Waals surface area (Å²) in [5.74, 6) is 1.47. The third kappa shape index (κ3) is 3.20. The number of para-hydroxylation sites is 1. The van der Waals surface area contributed by atoms with Crippen LogP contribution in [-0.4, -0.2) is 25.2 Å². The van der Waals surface area contributed by atoms with Crippen molar-refractivity contribution in [3.63, 3.8) is 0 Å². The van der Waals surface area contributed by atoms with Crippen LogP contribution in [0.25, 0.3) is 0 Å². The van der Waals surface area contributed by atoms with Crippen molar-refractivity contribution in [2.75, 3.05) is 24.8 Å². The molecule has 106 valence electrons. The zero-order chi connectivity index (χ0) is 14.5. The number of ether oxygens (including phenoxy) is 1. The Kier molecular flexibility index (Phi) is 4.45. The molecule has 0 spiro atoms. The predicted octanol–water partition coefficient (Wildman–Crippen LogP) is 2.74. The van der Waals surface area contributed by atoms with E-state index >= 15 is 0 Å². The topological polar surface area (TPSA) is 51.4 Å². The molecule has 1 heterocycles. The minimum absolute atomic E-state index is 0.330. The van der Waals surface area contributed by atoms with Crippen molar-refractivity contribution in [2.24, 2.45) is 0 Å². The van der Waals surface area contributed by atoms with E-state index in [9.17, 15) is 0 Å². The molecule has 2 N–H and O–H groups in total. The zero-order valence-electron chi connectivity index (χ0n) is 12.2. The molecule has 1 unspecified atom stereocenters. The maximum absolute atomic E-state index is 5.62. The minimum atomic E-state index is 0.330. The highest BCUT2D eigenvalue weighted by Crippen LogP contribution is 2.22. The van der Waals surface area contributed by atoms with E-state index in [0.29, 0.717) is 11.9 Å². The third-order valence-corrected chi connectivity index (χ3v) is 3.55. The van der Waals surface area contributed by atoms with Crippen LogP contribution in [0, 0.1) is 0 Å². The van der Waals surface area contributed by atoms with Gasteiger partial charge in [-0.25, -0.2) is 4.98 Å². The molecule has 0 aliphatic rings. The number of nitrogens with two attached hydrogens (primary N) is 1. The Balaban J connectivity index is 2.11. The fourth-order valence-electron chi connectivity index (χ4n) is 2.19. The molecule has 0 aliphatic carbocycles. The molecule has 0 fully saturated rings. The number of pyridine rings is 1. The van der Waals surface area contributed by atoms with Crippen molar-refractivity contribution in [3.8, 4) is 5.75 Å². The number of hydrogen-bond donors (Lipinski definition) is 1. The summed E-state index contributed by atoms with van der Waals surface area (Å²) >= 11 is 0. The summed E-state index contributed by atoms with van der Waals surface area (Å²) in [5.41, 5.74) is 7.88. The molecule has 0 saturated carbocycles. The summed E-state index contributed by atoms with van der Waals surface area (Å²) in [4.78, 5) is 6.33. The molecule has 0 radical (unpaired) electrons. The summed E-state index contributed by atoms with van der Waals surface area (Å²) in [5, 5.41) is 0. The molecular weight excluding hydrogens is 250 g/mol. The maximum atomic E-state index is 5.62. The Bertz CT molecular complexity index is 554. The maximum Gasteiger partial charge on any atom is 0.123 e. The standard InChI is InChI=1S/C16H21N3O/c1-12(10-13-6-4-5-7-15(13)20-3)19(2)14-8-9-16(17)18-11-14/h4-9,11-12H,10H2,1-3H3,(H2,17,18). The largest absolute Gasteiger partial charge is 0.496 e. The number of likely N-dealkylation sites (N-methyl/N-ethyl adjacent to an activating group) is 1. The average molecular weight is 271 g/mol. The van der Waals surface area contributed by atoms with E-state index in [1.54, 1.807) is 13.3 Å². The second-order valence-corrected chi connectivity index (χ2v) is 4.92. The van der Waals surface area contributed by atoms with Gasteiger partial charge < -0.3 is 15.4 Å². The van der Waals surface area contributed by atoms with Crippen molar-refractivity contribution in [3.05, 3.63) is 48.2 Å². The quantitative estimate of drug-likeness (QED) is 0.908. The summed E-state index contributed by atoms with van der Waals surface area (Å²) in [6.45, 7) is 2.18. The fourth-order valence-corrected chi connectivity index (χ4v) is 2.19. The zero-order valence-corrected chi connectivity index (χ0v) is 12.2. The number of benzene rings is 1. The lowest BCUT2D eigenvalue weighted by atomic mass is 10.0. The first-order valence-corrected chi connectivity index (χ1v) is 6.68. The Morgan fingerprint density at radius 3 is 2.65 bits per heavy atom. The van der Waals surface area contributed by atoms with Gasteiger partial charge in [-0.2, -0.15) is 0 Å². The molecule has 2 rings (SSSR count). The Labute approximate surface area is 120 Å². The van der Waals surface area contributed by atoms with E-state index in [0.717, 1.165) is 17.9 Å². The van der Waals surface area contributed by atoms with Gasteiger partial charge in [-0.15, -0.1) is 0 Å². The number of anilines is 2. The van der Waals surface area contributed by atoms with Crippen molar-refractivity contribution < 1.29 is 4.74 Å². The summed E-state index contributed by atoms with van der Waals surface area (Å²) < 4.78 is 5.40. The van der Waals surface area contributed by atoms with Gasteiger partial charge in [0.05, 0.1) is 19.0 Å². The first-order chi connectivity index (χ1) is 9.61. The van der Waals surface area contributed by atoms with Gasteiger partial charge in [-0.1, -0.05) is 18.2 Å². The van der Waals surface area contributed by atoms with Crippen LogP contribution in [0.1, 0.15) is 12.5 Å². The predicted molar refractivity (Wildman–Crippen MR) is 83.2 cm³/mol. The summed E-state index contributed by atoms with van der Waals surface area (Å²) in [6.07, 6.45) is 2.71. The molecule has 2 aromatic rings. The molecule has 1 aromatic carbocycles. The van der Waals surface area contributed by atoms with Crippen LogP contribution in [0.2, 0.25) is 0 Å². The van der Waals surface area contributed by atoms with Crippen LogP contribution in [0.15, 0.2) is 42.6 Å². The molecule has 1 atom stereocenters. The van der Waals surface area contributed by atoms with Gasteiger partial charge in [0.2, 0.25) is 0 Å². The van der Waals surface area contributed by atoms with Gasteiger partial charge in [-0.3, -0.25) is 0 Å². The van der Waals surface area contributed by atoms with E-state index < -0.39 is 0 Å². The van der Waals surface area contributed by atoms with E-state index in [4.69, 9.17) is 10.5 Å². The van der Waals surface area contributed by atoms with Gasteiger partial charge in [0, 0.05) is 13.1 Å². The molecule has 0 saturated heterocycles. The van der Waals surface area contributed by atoms with Crippen LogP contribution in [-0.2, 0) is 6.42 Å². The molecule has 0 amide bonds. The van der Waals surface area contributed by atoms with Gasteiger partial charge in [0.15, 0.2) is 0 Å². The summed E-state index contributed by atoms with van der Waals surface area (Å²) in [6, 6.07) is 12.3. The van der Waals surface area contributed by atoms with Crippen LogP contribution in [0.4, 0.5) is 11.5 Å². The van der Waals surface area contributed by atoms with E-state index in [-0.39, 0.29) is 0 Å². The molecule has 1 aromatic heterocycles. The second-order valence-electron chi connectivity index (χ2n) is 4.92. The van der Waals surface area contributed by atoms with E-state index in [1.807, 2.05) is 30.3 Å². The lowest BCUT2D eigenvalue weighted by molar-refractivity contribution is 0.408. The Hall–Kier alpha value is -2.23. The molecule has 0 aliphatic heterocycles. The van der Waals surface area contributed by atoms with Crippen molar-refractivity contribution in [2.45, 2.75) is 19.4 Å². The fraction of sp³-hybridized carbons (Fsp3) is 0.312. The number of rotatable bonds is 5. The van der Waals surface area contributed by atoms with Gasteiger partial charge in [-0.05, 0) is 37.1 Å². The molecule has 4 nitrogen and oxygen atoms in total. The number of nitrogen functional groups attached to an aromatic ring is 1. The highest BCUT2D eigenvalue weighted by atomic mass is 16.5. The Morgan fingerprint density at radius 1 is 1.25 bits per heavy atom. The average Bonchev–Trinajstić information content (AvgIpc) is 2.48. The van der Waals surface area contributed by atoms with E-state index in [2.05, 4.69) is 29.9 Å². The molecule has 4 heteroatoms. The van der Waals surface area contributed by atoms with Crippen molar-refractivity contribution >= 4 is 11.5 Å². The lowest BCUT2D eigenvalue weighted by Crippen LogP contribution is -2.30. The van der Waals surface area contributed by atoms with Gasteiger partial charge in [0.25, 0.3) is 0 Å². The smallest absolute Gasteiger partial charge is 0.123 e. The van der Waals surface area contributed by atoms with Crippen LogP contribution in [0.3, 0.4) is 0 Å². The highest BCUT2D eigenvalue weighted by Gasteiger charge is 2.13. The van der Waals surface area contributed by atoms with Crippen LogP contribution >= 0.6 is 0 Å². The SMILES string of the molecule is COc1ccccc1CC(C)N(C)c1ccc(N)nc1. The second kappa shape index (κ2) is 6.28. The van der Waals surface area contributed by atoms with Gasteiger partial charge in [0.1, 0.15) is 11.6 Å². The van der Waals surface area contributed by atoms with Crippen LogP contribution in [0.5, 0.6) is 5.75 Å². The number of nitrogens with zero attached hydrogens (tertiary/aromatic N) is 2. The highest BCUT2D eigenvalue weighted by molar-refractivity contribution is 5.48. The first-order valence-electron chi connectivity index (χ1n) is 6.68. The molecular formula is C16H21N3O. The van der Waals surface area contributed by atoms with Crippen molar-refractivity contribution in [1.82, 2.24) is 4.98 Å². The van der Waals surface area contributed by atoms with Crippen molar-refractivity contribution in [1.29, 1.82) is 0 Å². The minimum Gasteiger partial charge on any atom is -0.496 e. The molecule has 20 heavy (non-hydrogen) atoms. The number of aromatic nitrogens is 1. The number of methoxy groups -OCH3 is 1. The lowest BCUT2D eigenvalue weighted by Gasteiger charge is -2.27. The summed E-state index contributed by atoms with van der Waals surface area (Å²) in [7, 11) is 3.77. The third-order valence-electron chi connectivity index (χ3n) is 3.55. The molecule has 0 bridgehead atoms. The Morgan fingerprint density at radius 2 is 2.00 bits per heavy atom. The van der Waals surface area contributed by atoms with Crippen LogP contribution < -0.4 is 15.4 Å². The normalized spacial score (nSPS) is 11.9. The van der Waals surface area contributed by atoms with Gasteiger partial charge >= 0.3 is 0 Å². The first kappa shape index (κ1) is 14.2. The monoisotopic (exact) mass is 271 g/mol. The van der Waals surface area contributed by atoms with E-state index in [1.165, 1.54) is 5.56 Å².